The molecule has 8 fully saturated rings. The average Bonchev–Trinajstić information content (AvgIpc) is 0.741. The van der Waals surface area contributed by atoms with Crippen molar-refractivity contribution in [2.75, 3.05) is 13.2 Å². The Bertz CT molecular complexity index is 3060. The van der Waals surface area contributed by atoms with E-state index in [9.17, 15) is 30.3 Å². The molecule has 0 spiro atoms. The Kier molecular flexibility index (Phi) is 20.8. The maximum atomic E-state index is 14.0. The molecular weight excluding hydrogens is 1190 g/mol. The fourth-order valence-corrected chi connectivity index (χ4v) is 26.1. The van der Waals surface area contributed by atoms with E-state index in [2.05, 4.69) is 158 Å². The van der Waals surface area contributed by atoms with Crippen molar-refractivity contribution >= 4 is 11.9 Å². The average molecular weight is 1330 g/mol. The minimum Gasteiger partial charge on any atom is -0.463 e. The van der Waals surface area contributed by atoms with Crippen LogP contribution >= 0.6 is 0 Å². The lowest BCUT2D eigenvalue weighted by molar-refractivity contribution is -0.323. The zero-order valence-corrected chi connectivity index (χ0v) is 62.2. The number of esters is 2. The van der Waals surface area contributed by atoms with Gasteiger partial charge in [-0.2, -0.15) is 0 Å². The molecule has 0 aromatic carbocycles. The molecule has 0 bridgehead atoms. The Morgan fingerprint density at radius 3 is 1.23 bits per heavy atom. The van der Waals surface area contributed by atoms with Crippen molar-refractivity contribution in [2.24, 2.45) is 112 Å². The standard InChI is InChI=1S/2C43H66O5/c2*1-9-38(3)23-17-32-29(26-38)13-15-34-40(32,5)19-11-21-42(34,7)36(48-46)25-31(44)28-47-37(45)43(8)22-12-20-41(6)33-18-24-39(4,10-2)27-30(33)14-16-35(41)43/h9-10,26-27,31-36,44,46H,1-2,11-25,28H2,3-8H3;9-10,13-14,31-36,44,46H,1-2,11-12,15-28H2,3-8H3. The van der Waals surface area contributed by atoms with Crippen LogP contribution in [-0.2, 0) is 28.8 Å². The molecule has 8 saturated carbocycles. The first-order chi connectivity index (χ1) is 45.2. The summed E-state index contributed by atoms with van der Waals surface area (Å²) in [7, 11) is 0. The minimum absolute atomic E-state index is 0.0579. The second-order valence-corrected chi connectivity index (χ2v) is 38.1. The van der Waals surface area contributed by atoms with Gasteiger partial charge in [0.2, 0.25) is 0 Å². The molecule has 24 atom stereocenters. The molecule has 0 amide bonds. The van der Waals surface area contributed by atoms with Gasteiger partial charge in [-0.15, -0.1) is 26.3 Å². The third kappa shape index (κ3) is 12.8. The first-order valence-electron chi connectivity index (χ1n) is 38.9. The van der Waals surface area contributed by atoms with Crippen LogP contribution in [0.5, 0.6) is 0 Å². The number of ether oxygens (including phenoxy) is 2. The third-order valence-corrected chi connectivity index (χ3v) is 32.2. The largest absolute Gasteiger partial charge is 0.463 e. The van der Waals surface area contributed by atoms with Crippen LogP contribution in [0.3, 0.4) is 0 Å². The Labute approximate surface area is 581 Å². The first kappa shape index (κ1) is 73.8. The summed E-state index contributed by atoms with van der Waals surface area (Å²) < 4.78 is 12.1. The van der Waals surface area contributed by atoms with Crippen LogP contribution in [0.15, 0.2) is 97.2 Å². The molecule has 96 heavy (non-hydrogen) atoms. The van der Waals surface area contributed by atoms with Crippen LogP contribution in [-0.4, -0.2) is 70.3 Å². The molecular formula is C86H132O10. The molecule has 12 aliphatic rings. The molecule has 12 rings (SSSR count). The monoisotopic (exact) mass is 1320 g/mol. The second kappa shape index (κ2) is 27.1. The van der Waals surface area contributed by atoms with Gasteiger partial charge in [-0.25, -0.2) is 9.78 Å². The molecule has 0 saturated heterocycles. The smallest absolute Gasteiger partial charge is 0.312 e. The Balaban J connectivity index is 0.000000195. The maximum absolute atomic E-state index is 14.0. The van der Waals surface area contributed by atoms with Gasteiger partial charge in [-0.05, 0) is 248 Å². The van der Waals surface area contributed by atoms with Gasteiger partial charge in [0.15, 0.2) is 0 Å². The number of rotatable bonds is 18. The molecule has 4 N–H and O–H groups in total. The van der Waals surface area contributed by atoms with E-state index in [1.807, 2.05) is 0 Å². The number of allylic oxidation sites excluding steroid dienone is 12. The van der Waals surface area contributed by atoms with E-state index >= 15 is 0 Å². The SMILES string of the molecule is C=CC1(C)C=C2CCC3C(C)(C(=O)OCC(O)CC(OO)C4(C)CCCC5(C)C6CCC(C)(C=C)C=C6CCC45)CCCC3(C)C2CC1.C=CC1(C)CCC2C(=CCC3C(C)(C(=O)OCC(O)CC(OO)C4(C)CCCC5(C)C6CCC(C)(C=C)CC6=CCC45)CCCC23C)C1. The molecule has 24 unspecified atom stereocenters. The number of aliphatic hydroxyl groups is 2. The predicted octanol–water partition coefficient (Wildman–Crippen LogP) is 20.8. The zero-order chi connectivity index (χ0) is 69.5. The van der Waals surface area contributed by atoms with Crippen LogP contribution in [0.25, 0.3) is 0 Å². The van der Waals surface area contributed by atoms with Gasteiger partial charge in [0.25, 0.3) is 0 Å². The van der Waals surface area contributed by atoms with Crippen LogP contribution in [0, 0.1) is 112 Å². The van der Waals surface area contributed by atoms with E-state index in [0.29, 0.717) is 35.5 Å². The van der Waals surface area contributed by atoms with Crippen molar-refractivity contribution in [1.82, 2.24) is 0 Å². The summed E-state index contributed by atoms with van der Waals surface area (Å²) >= 11 is 0. The van der Waals surface area contributed by atoms with Gasteiger partial charge in [0, 0.05) is 34.5 Å². The lowest BCUT2D eigenvalue weighted by Crippen LogP contribution is -2.56. The molecule has 536 valence electrons. The topological polar surface area (TPSA) is 152 Å². The second-order valence-electron chi connectivity index (χ2n) is 38.1. The molecule has 0 aromatic rings. The summed E-state index contributed by atoms with van der Waals surface area (Å²) in [6.45, 7) is 44.3. The van der Waals surface area contributed by atoms with Gasteiger partial charge in [-0.1, -0.05) is 166 Å². The van der Waals surface area contributed by atoms with Crippen molar-refractivity contribution in [3.8, 4) is 0 Å². The summed E-state index contributed by atoms with van der Waals surface area (Å²) in [5, 5.41) is 43.5. The van der Waals surface area contributed by atoms with Gasteiger partial charge < -0.3 is 19.7 Å². The third-order valence-electron chi connectivity index (χ3n) is 32.2. The van der Waals surface area contributed by atoms with Crippen molar-refractivity contribution in [1.29, 1.82) is 0 Å². The predicted molar refractivity (Wildman–Crippen MR) is 386 cm³/mol. The Hall–Kier alpha value is -3.38. The fraction of sp³-hybridized carbons (Fsp3) is 0.791. The lowest BCUT2D eigenvalue weighted by Gasteiger charge is -2.61. The van der Waals surface area contributed by atoms with E-state index in [-0.39, 0.29) is 104 Å². The number of hydrogen-bond acceptors (Lipinski definition) is 10. The van der Waals surface area contributed by atoms with Crippen molar-refractivity contribution in [3.63, 3.8) is 0 Å². The highest BCUT2D eigenvalue weighted by Crippen LogP contribution is 2.70. The van der Waals surface area contributed by atoms with Crippen LogP contribution in [0.2, 0.25) is 0 Å². The molecule has 10 heteroatoms. The zero-order valence-electron chi connectivity index (χ0n) is 62.2. The molecule has 12 aliphatic carbocycles. The van der Waals surface area contributed by atoms with Gasteiger partial charge in [0.05, 0.1) is 23.0 Å². The van der Waals surface area contributed by atoms with E-state index in [0.717, 1.165) is 154 Å². The number of aliphatic hydroxyl groups excluding tert-OH is 2. The van der Waals surface area contributed by atoms with E-state index in [4.69, 9.17) is 19.2 Å². The molecule has 0 radical (unpaired) electrons. The molecule has 10 nitrogen and oxygen atoms in total. The summed E-state index contributed by atoms with van der Waals surface area (Å²) in [5.74, 6) is 3.00. The number of hydrogen-bond donors (Lipinski definition) is 4. The molecule has 0 heterocycles. The lowest BCUT2D eigenvalue weighted by atomic mass is 9.44. The normalized spacial score (nSPS) is 46.7. The maximum Gasteiger partial charge on any atom is 0.312 e. The van der Waals surface area contributed by atoms with E-state index in [1.165, 1.54) is 25.7 Å². The van der Waals surface area contributed by atoms with E-state index in [1.54, 1.807) is 22.3 Å². The summed E-state index contributed by atoms with van der Waals surface area (Å²) in [5.41, 5.74) is 5.54. The van der Waals surface area contributed by atoms with Crippen molar-refractivity contribution in [2.45, 2.75) is 300 Å². The van der Waals surface area contributed by atoms with Gasteiger partial charge >= 0.3 is 11.9 Å². The number of carbonyl (C=O) groups excluding carboxylic acids is 2. The number of fused-ring (bicyclic) bond motifs is 12. The Morgan fingerprint density at radius 1 is 0.448 bits per heavy atom. The highest BCUT2D eigenvalue weighted by molar-refractivity contribution is 5.78. The summed E-state index contributed by atoms with van der Waals surface area (Å²) in [6.07, 6.45) is 46.0. The fourth-order valence-electron chi connectivity index (χ4n) is 26.1. The molecule has 0 aliphatic heterocycles. The van der Waals surface area contributed by atoms with Gasteiger partial charge in [0.1, 0.15) is 25.4 Å². The van der Waals surface area contributed by atoms with Crippen molar-refractivity contribution in [3.05, 3.63) is 97.2 Å². The van der Waals surface area contributed by atoms with Crippen LogP contribution in [0.4, 0.5) is 0 Å². The highest BCUT2D eigenvalue weighted by Gasteiger charge is 2.64. The van der Waals surface area contributed by atoms with E-state index < -0.39 is 35.2 Å². The highest BCUT2D eigenvalue weighted by atomic mass is 17.1. The van der Waals surface area contributed by atoms with Gasteiger partial charge in [-0.3, -0.25) is 20.1 Å². The molecule has 0 aromatic heterocycles. The summed E-state index contributed by atoms with van der Waals surface area (Å²) in [6, 6.07) is 0. The minimum atomic E-state index is -0.903. The summed E-state index contributed by atoms with van der Waals surface area (Å²) in [4.78, 5) is 38.7. The van der Waals surface area contributed by atoms with Crippen LogP contribution < -0.4 is 0 Å². The Morgan fingerprint density at radius 2 is 0.802 bits per heavy atom. The quantitative estimate of drug-likeness (QED) is 0.0452. The number of carbonyl (C=O) groups is 2. The van der Waals surface area contributed by atoms with Crippen molar-refractivity contribution < 1.29 is 49.6 Å². The first-order valence-corrected chi connectivity index (χ1v) is 38.9. The van der Waals surface area contributed by atoms with Crippen LogP contribution in [0.1, 0.15) is 276 Å².